The highest BCUT2D eigenvalue weighted by Crippen LogP contribution is 2.31. The number of hydrogen-bond acceptors (Lipinski definition) is 2. The molecular weight excluding hydrogens is 230 g/mol. The van der Waals surface area contributed by atoms with Gasteiger partial charge in [-0.1, -0.05) is 12.8 Å². The Morgan fingerprint density at radius 2 is 2.38 bits per heavy atom. The van der Waals surface area contributed by atoms with E-state index in [1.165, 1.54) is 19.3 Å². The zero-order valence-corrected chi connectivity index (χ0v) is 9.14. The lowest BCUT2D eigenvalue weighted by molar-refractivity contribution is 0.475. The minimum absolute atomic E-state index is 0.834. The lowest BCUT2D eigenvalue weighted by atomic mass is 10.3. The minimum Gasteiger partial charge on any atom is -0.467 e. The third-order valence-corrected chi connectivity index (χ3v) is 3.11. The maximum absolute atomic E-state index is 5.28. The van der Waals surface area contributed by atoms with Gasteiger partial charge in [0.2, 0.25) is 0 Å². The van der Waals surface area contributed by atoms with Crippen LogP contribution in [-0.2, 0) is 6.54 Å². The third kappa shape index (κ3) is 2.85. The second-order valence-corrected chi connectivity index (χ2v) is 4.45. The highest BCUT2D eigenvalue weighted by molar-refractivity contribution is 9.10. The first-order valence-corrected chi connectivity index (χ1v) is 5.58. The Hall–Kier alpha value is -0.280. The highest BCUT2D eigenvalue weighted by Gasteiger charge is 2.19. The summed E-state index contributed by atoms with van der Waals surface area (Å²) in [5.41, 5.74) is 0. The van der Waals surface area contributed by atoms with E-state index in [9.17, 15) is 0 Å². The number of rotatable bonds is 5. The molecule has 0 aromatic carbocycles. The molecule has 1 fully saturated rings. The van der Waals surface area contributed by atoms with Crippen LogP contribution in [0.4, 0.5) is 0 Å². The molecule has 0 spiro atoms. The Kier molecular flexibility index (Phi) is 3.06. The van der Waals surface area contributed by atoms with Crippen molar-refractivity contribution in [2.75, 3.05) is 6.54 Å². The van der Waals surface area contributed by atoms with Crippen molar-refractivity contribution in [1.29, 1.82) is 0 Å². The number of halogens is 1. The second kappa shape index (κ2) is 4.29. The summed E-state index contributed by atoms with van der Waals surface area (Å²) in [5.74, 6) is 2.00. The normalized spacial score (nSPS) is 16.4. The molecule has 2 rings (SSSR count). The van der Waals surface area contributed by atoms with E-state index in [1.54, 1.807) is 6.26 Å². The van der Waals surface area contributed by atoms with Crippen molar-refractivity contribution in [3.63, 3.8) is 0 Å². The number of nitrogens with one attached hydrogen (secondary N) is 1. The summed E-state index contributed by atoms with van der Waals surface area (Å²) in [6, 6.07) is 1.93. The lowest BCUT2D eigenvalue weighted by Crippen LogP contribution is -2.14. The molecule has 0 atom stereocenters. The molecule has 1 heterocycles. The Balaban J connectivity index is 1.64. The summed E-state index contributed by atoms with van der Waals surface area (Å²) in [5, 5.41) is 3.38. The topological polar surface area (TPSA) is 25.2 Å². The first-order chi connectivity index (χ1) is 6.36. The van der Waals surface area contributed by atoms with Crippen LogP contribution >= 0.6 is 15.9 Å². The van der Waals surface area contributed by atoms with Gasteiger partial charge in [-0.15, -0.1) is 0 Å². The molecule has 0 bridgehead atoms. The molecule has 3 heteroatoms. The van der Waals surface area contributed by atoms with Crippen LogP contribution in [0.15, 0.2) is 21.2 Å². The first kappa shape index (κ1) is 9.28. The van der Waals surface area contributed by atoms with E-state index < -0.39 is 0 Å². The Morgan fingerprint density at radius 3 is 3.00 bits per heavy atom. The Bertz CT molecular complexity index is 268. The second-order valence-electron chi connectivity index (χ2n) is 3.60. The highest BCUT2D eigenvalue weighted by atomic mass is 79.9. The molecule has 1 aliphatic carbocycles. The van der Waals surface area contributed by atoms with Crippen molar-refractivity contribution >= 4 is 15.9 Å². The molecule has 1 aromatic rings. The Morgan fingerprint density at radius 1 is 1.54 bits per heavy atom. The van der Waals surface area contributed by atoms with E-state index in [1.807, 2.05) is 6.07 Å². The molecule has 0 radical (unpaired) electrons. The molecule has 0 unspecified atom stereocenters. The summed E-state index contributed by atoms with van der Waals surface area (Å²) < 4.78 is 6.34. The Labute approximate surface area is 86.8 Å². The number of furan rings is 1. The third-order valence-electron chi connectivity index (χ3n) is 2.40. The average molecular weight is 244 g/mol. The monoisotopic (exact) mass is 243 g/mol. The SMILES string of the molecule is Brc1ccoc1CNCCC1CC1. The van der Waals surface area contributed by atoms with Crippen LogP contribution in [0.3, 0.4) is 0 Å². The lowest BCUT2D eigenvalue weighted by Gasteiger charge is -2.01. The van der Waals surface area contributed by atoms with Crippen molar-refractivity contribution < 1.29 is 4.42 Å². The van der Waals surface area contributed by atoms with Gasteiger partial charge in [-0.3, -0.25) is 0 Å². The first-order valence-electron chi connectivity index (χ1n) is 4.79. The summed E-state index contributed by atoms with van der Waals surface area (Å²) in [7, 11) is 0. The van der Waals surface area contributed by atoms with E-state index in [0.29, 0.717) is 0 Å². The van der Waals surface area contributed by atoms with Gasteiger partial charge in [0.05, 0.1) is 17.3 Å². The summed E-state index contributed by atoms with van der Waals surface area (Å²) >= 11 is 3.43. The maximum Gasteiger partial charge on any atom is 0.131 e. The number of hydrogen-bond donors (Lipinski definition) is 1. The molecule has 0 aliphatic heterocycles. The van der Waals surface area contributed by atoms with Crippen LogP contribution in [0, 0.1) is 5.92 Å². The van der Waals surface area contributed by atoms with Crippen LogP contribution in [0.5, 0.6) is 0 Å². The van der Waals surface area contributed by atoms with Gasteiger partial charge in [-0.2, -0.15) is 0 Å². The van der Waals surface area contributed by atoms with Gasteiger partial charge in [0, 0.05) is 0 Å². The molecule has 0 saturated heterocycles. The predicted molar refractivity (Wildman–Crippen MR) is 55.5 cm³/mol. The largest absolute Gasteiger partial charge is 0.467 e. The maximum atomic E-state index is 5.28. The summed E-state index contributed by atoms with van der Waals surface area (Å²) in [4.78, 5) is 0. The molecule has 1 saturated carbocycles. The fourth-order valence-corrected chi connectivity index (χ4v) is 1.71. The molecule has 2 nitrogen and oxygen atoms in total. The molecule has 1 N–H and O–H groups in total. The van der Waals surface area contributed by atoms with Crippen LogP contribution in [0.25, 0.3) is 0 Å². The zero-order chi connectivity index (χ0) is 9.10. The smallest absolute Gasteiger partial charge is 0.131 e. The van der Waals surface area contributed by atoms with Crippen LogP contribution in [0.1, 0.15) is 25.0 Å². The fraction of sp³-hybridized carbons (Fsp3) is 0.600. The van der Waals surface area contributed by atoms with Crippen molar-refractivity contribution in [2.45, 2.75) is 25.8 Å². The quantitative estimate of drug-likeness (QED) is 0.805. The molecule has 1 aliphatic rings. The molecule has 0 amide bonds. The fourth-order valence-electron chi connectivity index (χ4n) is 1.37. The van der Waals surface area contributed by atoms with Gasteiger partial charge in [0.15, 0.2) is 0 Å². The van der Waals surface area contributed by atoms with Gasteiger partial charge in [-0.05, 0) is 40.9 Å². The van der Waals surface area contributed by atoms with Crippen LogP contribution < -0.4 is 5.32 Å². The molecule has 1 aromatic heterocycles. The van der Waals surface area contributed by atoms with E-state index >= 15 is 0 Å². The zero-order valence-electron chi connectivity index (χ0n) is 7.55. The summed E-state index contributed by atoms with van der Waals surface area (Å²) in [6.07, 6.45) is 5.90. The van der Waals surface area contributed by atoms with Gasteiger partial charge < -0.3 is 9.73 Å². The van der Waals surface area contributed by atoms with Crippen molar-refractivity contribution in [3.8, 4) is 0 Å². The van der Waals surface area contributed by atoms with Crippen LogP contribution in [0.2, 0.25) is 0 Å². The van der Waals surface area contributed by atoms with Gasteiger partial charge in [-0.25, -0.2) is 0 Å². The van der Waals surface area contributed by atoms with Gasteiger partial charge in [0.1, 0.15) is 5.76 Å². The predicted octanol–water partition coefficient (Wildman–Crippen LogP) is 2.93. The molecular formula is C10H14BrNO. The van der Waals surface area contributed by atoms with Gasteiger partial charge >= 0.3 is 0 Å². The molecule has 72 valence electrons. The standard InChI is InChI=1S/C10H14BrNO/c11-9-4-6-13-10(9)7-12-5-3-8-1-2-8/h4,6,8,12H,1-3,5,7H2. The van der Waals surface area contributed by atoms with Gasteiger partial charge in [0.25, 0.3) is 0 Å². The molecule has 13 heavy (non-hydrogen) atoms. The van der Waals surface area contributed by atoms with E-state index in [0.717, 1.165) is 29.2 Å². The minimum atomic E-state index is 0.834. The van der Waals surface area contributed by atoms with Crippen molar-refractivity contribution in [1.82, 2.24) is 5.32 Å². The van der Waals surface area contributed by atoms with E-state index in [-0.39, 0.29) is 0 Å². The van der Waals surface area contributed by atoms with Crippen LogP contribution in [-0.4, -0.2) is 6.54 Å². The summed E-state index contributed by atoms with van der Waals surface area (Å²) in [6.45, 7) is 1.94. The average Bonchev–Trinajstić information content (AvgIpc) is 2.86. The van der Waals surface area contributed by atoms with Crippen molar-refractivity contribution in [2.24, 2.45) is 5.92 Å². The van der Waals surface area contributed by atoms with Crippen molar-refractivity contribution in [3.05, 3.63) is 22.6 Å². The van der Waals surface area contributed by atoms with E-state index in [4.69, 9.17) is 4.42 Å². The van der Waals surface area contributed by atoms with E-state index in [2.05, 4.69) is 21.2 Å².